The number of rotatable bonds is 8. The zero-order valence-corrected chi connectivity index (χ0v) is 21.5. The maximum absolute atomic E-state index is 13.4. The van der Waals surface area contributed by atoms with E-state index in [2.05, 4.69) is 18.9 Å². The number of carbonyl (C=O) groups is 2. The highest BCUT2D eigenvalue weighted by Crippen LogP contribution is 2.37. The molecule has 2 fully saturated rings. The molecule has 0 N–H and O–H groups in total. The van der Waals surface area contributed by atoms with Crippen LogP contribution in [0.15, 0.2) is 36.4 Å². The number of likely N-dealkylation sites (tertiary alicyclic amines) is 2. The van der Waals surface area contributed by atoms with E-state index in [0.717, 1.165) is 50.2 Å². The number of amides is 2. The van der Waals surface area contributed by atoms with Gasteiger partial charge in [-0.2, -0.15) is 5.10 Å². The van der Waals surface area contributed by atoms with Crippen molar-refractivity contribution in [3.05, 3.63) is 47.8 Å². The predicted octanol–water partition coefficient (Wildman–Crippen LogP) is 4.73. The van der Waals surface area contributed by atoms with Gasteiger partial charge < -0.3 is 14.5 Å². The van der Waals surface area contributed by atoms with Gasteiger partial charge in [0.2, 0.25) is 5.91 Å². The van der Waals surface area contributed by atoms with Crippen molar-refractivity contribution in [2.45, 2.75) is 71.8 Å². The quantitative estimate of drug-likeness (QED) is 0.548. The molecule has 7 nitrogen and oxygen atoms in total. The second-order valence-electron chi connectivity index (χ2n) is 10.4. The molecular formula is C28H40N4O3. The number of piperidine rings is 2. The monoisotopic (exact) mass is 480 g/mol. The third kappa shape index (κ3) is 6.06. The Labute approximate surface area is 209 Å². The third-order valence-electron chi connectivity index (χ3n) is 7.54. The molecule has 35 heavy (non-hydrogen) atoms. The second kappa shape index (κ2) is 11.3. The van der Waals surface area contributed by atoms with Crippen molar-refractivity contribution in [1.82, 2.24) is 19.6 Å². The number of ether oxygens (including phenoxy) is 1. The van der Waals surface area contributed by atoms with Crippen molar-refractivity contribution in [3.63, 3.8) is 0 Å². The molecule has 0 unspecified atom stereocenters. The molecule has 0 bridgehead atoms. The van der Waals surface area contributed by atoms with Gasteiger partial charge in [0, 0.05) is 44.6 Å². The first-order valence-corrected chi connectivity index (χ1v) is 13.2. The minimum absolute atomic E-state index is 0.0335. The molecule has 0 radical (unpaired) electrons. The summed E-state index contributed by atoms with van der Waals surface area (Å²) in [5.41, 5.74) is 1.34. The number of aromatic nitrogens is 2. The summed E-state index contributed by atoms with van der Waals surface area (Å²) in [4.78, 5) is 30.6. The van der Waals surface area contributed by atoms with Crippen molar-refractivity contribution in [1.29, 1.82) is 0 Å². The van der Waals surface area contributed by atoms with E-state index < -0.39 is 0 Å². The van der Waals surface area contributed by atoms with Crippen LogP contribution in [0, 0.1) is 5.41 Å². The van der Waals surface area contributed by atoms with Crippen molar-refractivity contribution < 1.29 is 14.3 Å². The SMILES string of the molecule is CCn1nc(C(C)C)cc1C(=O)N1CCC(COc2ccccc2)(CC(=O)N2CCCCC2)CC1. The summed E-state index contributed by atoms with van der Waals surface area (Å²) in [6, 6.07) is 11.7. The summed E-state index contributed by atoms with van der Waals surface area (Å²) >= 11 is 0. The Balaban J connectivity index is 1.46. The van der Waals surface area contributed by atoms with E-state index in [9.17, 15) is 9.59 Å². The van der Waals surface area contributed by atoms with Crippen LogP contribution in [0.5, 0.6) is 5.75 Å². The van der Waals surface area contributed by atoms with Crippen LogP contribution >= 0.6 is 0 Å². The van der Waals surface area contributed by atoms with E-state index in [1.54, 1.807) is 0 Å². The van der Waals surface area contributed by atoms with Gasteiger partial charge in [-0.05, 0) is 63.1 Å². The minimum atomic E-state index is -0.269. The predicted molar refractivity (Wildman–Crippen MR) is 137 cm³/mol. The number of aryl methyl sites for hydroxylation is 1. The Bertz CT molecular complexity index is 987. The second-order valence-corrected chi connectivity index (χ2v) is 10.4. The smallest absolute Gasteiger partial charge is 0.272 e. The van der Waals surface area contributed by atoms with Gasteiger partial charge >= 0.3 is 0 Å². The lowest BCUT2D eigenvalue weighted by atomic mass is 9.75. The van der Waals surface area contributed by atoms with E-state index in [1.807, 2.05) is 57.8 Å². The van der Waals surface area contributed by atoms with E-state index in [-0.39, 0.29) is 23.1 Å². The number of nitrogens with zero attached hydrogens (tertiary/aromatic N) is 4. The molecule has 4 rings (SSSR count). The van der Waals surface area contributed by atoms with Crippen LogP contribution in [-0.2, 0) is 11.3 Å². The molecule has 1 aromatic heterocycles. The third-order valence-corrected chi connectivity index (χ3v) is 7.54. The molecular weight excluding hydrogens is 440 g/mol. The van der Waals surface area contributed by atoms with Gasteiger partial charge in [0.25, 0.3) is 5.91 Å². The Morgan fingerprint density at radius 2 is 1.69 bits per heavy atom. The first-order chi connectivity index (χ1) is 16.9. The van der Waals surface area contributed by atoms with Crippen LogP contribution in [0.4, 0.5) is 0 Å². The lowest BCUT2D eigenvalue weighted by Crippen LogP contribution is -2.48. The van der Waals surface area contributed by atoms with Crippen LogP contribution in [0.2, 0.25) is 0 Å². The summed E-state index contributed by atoms with van der Waals surface area (Å²) in [7, 11) is 0. The molecule has 0 atom stereocenters. The summed E-state index contributed by atoms with van der Waals surface area (Å²) < 4.78 is 8.01. The lowest BCUT2D eigenvalue weighted by molar-refractivity contribution is -0.136. The molecule has 2 saturated heterocycles. The first-order valence-electron chi connectivity index (χ1n) is 13.2. The molecule has 190 valence electrons. The van der Waals surface area contributed by atoms with Gasteiger partial charge in [-0.15, -0.1) is 0 Å². The Kier molecular flexibility index (Phi) is 8.14. The van der Waals surface area contributed by atoms with Crippen LogP contribution < -0.4 is 4.74 Å². The number of hydrogen-bond acceptors (Lipinski definition) is 4. The molecule has 1 aromatic carbocycles. The fraction of sp³-hybridized carbons (Fsp3) is 0.607. The molecule has 3 heterocycles. The van der Waals surface area contributed by atoms with Crippen molar-refractivity contribution >= 4 is 11.8 Å². The topological polar surface area (TPSA) is 67.7 Å². The molecule has 0 spiro atoms. The molecule has 2 aliphatic heterocycles. The van der Waals surface area contributed by atoms with Crippen LogP contribution in [-0.4, -0.2) is 64.2 Å². The average Bonchev–Trinajstić information content (AvgIpc) is 3.34. The Morgan fingerprint density at radius 1 is 1.00 bits per heavy atom. The van der Waals surface area contributed by atoms with Crippen molar-refractivity contribution in [2.24, 2.45) is 5.41 Å². The minimum Gasteiger partial charge on any atom is -0.493 e. The number of para-hydroxylation sites is 1. The molecule has 7 heteroatoms. The van der Waals surface area contributed by atoms with Crippen LogP contribution in [0.25, 0.3) is 0 Å². The summed E-state index contributed by atoms with van der Waals surface area (Å²) in [5, 5.41) is 4.63. The van der Waals surface area contributed by atoms with Crippen molar-refractivity contribution in [3.8, 4) is 5.75 Å². The van der Waals surface area contributed by atoms with Crippen molar-refractivity contribution in [2.75, 3.05) is 32.8 Å². The fourth-order valence-electron chi connectivity index (χ4n) is 5.18. The van der Waals surface area contributed by atoms with Gasteiger partial charge in [-0.3, -0.25) is 14.3 Å². The number of carbonyl (C=O) groups excluding carboxylic acids is 2. The highest BCUT2D eigenvalue weighted by molar-refractivity contribution is 5.93. The summed E-state index contributed by atoms with van der Waals surface area (Å²) in [6.07, 6.45) is 5.36. The van der Waals surface area contributed by atoms with Gasteiger partial charge in [0.15, 0.2) is 0 Å². The van der Waals surface area contributed by atoms with Gasteiger partial charge in [-0.1, -0.05) is 32.0 Å². The largest absolute Gasteiger partial charge is 0.493 e. The molecule has 0 aliphatic carbocycles. The first kappa shape index (κ1) is 25.3. The van der Waals surface area contributed by atoms with Crippen LogP contribution in [0.1, 0.15) is 81.4 Å². The van der Waals surface area contributed by atoms with Gasteiger partial charge in [-0.25, -0.2) is 0 Å². The van der Waals surface area contributed by atoms with E-state index in [4.69, 9.17) is 4.74 Å². The standard InChI is InChI=1S/C28H40N4O3/c1-4-32-25(19-24(29-32)22(2)3)27(34)31-17-13-28(14-18-31,21-35-23-11-7-5-8-12-23)20-26(33)30-15-9-6-10-16-30/h5,7-8,11-12,19,22H,4,6,9-10,13-18,20-21H2,1-3H3. The molecule has 0 saturated carbocycles. The number of benzene rings is 1. The Morgan fingerprint density at radius 3 is 2.31 bits per heavy atom. The maximum atomic E-state index is 13.4. The molecule has 2 aliphatic rings. The highest BCUT2D eigenvalue weighted by Gasteiger charge is 2.40. The molecule has 2 aromatic rings. The fourth-order valence-corrected chi connectivity index (χ4v) is 5.18. The van der Waals surface area contributed by atoms with E-state index in [0.29, 0.717) is 38.4 Å². The van der Waals surface area contributed by atoms with Crippen LogP contribution in [0.3, 0.4) is 0 Å². The molecule has 2 amide bonds. The Hall–Kier alpha value is -2.83. The maximum Gasteiger partial charge on any atom is 0.272 e. The highest BCUT2D eigenvalue weighted by atomic mass is 16.5. The normalized spacial score (nSPS) is 18.1. The van der Waals surface area contributed by atoms with Gasteiger partial charge in [0.1, 0.15) is 11.4 Å². The summed E-state index contributed by atoms with van der Waals surface area (Å²) in [6.45, 7) is 10.3. The van der Waals surface area contributed by atoms with E-state index >= 15 is 0 Å². The zero-order chi connectivity index (χ0) is 24.8. The van der Waals surface area contributed by atoms with Gasteiger partial charge in [0.05, 0.1) is 12.3 Å². The average molecular weight is 481 g/mol. The lowest BCUT2D eigenvalue weighted by Gasteiger charge is -2.42. The number of hydrogen-bond donors (Lipinski definition) is 0. The summed E-state index contributed by atoms with van der Waals surface area (Å²) in [5.74, 6) is 1.36. The zero-order valence-electron chi connectivity index (χ0n) is 21.5. The van der Waals surface area contributed by atoms with E-state index in [1.165, 1.54) is 6.42 Å².